The zero-order chi connectivity index (χ0) is 11.1. The molecule has 3 nitrogen and oxygen atoms in total. The van der Waals surface area contributed by atoms with Crippen molar-refractivity contribution < 1.29 is 14.3 Å². The topological polar surface area (TPSA) is 35.5 Å². The normalized spacial score (nSPS) is 14.1. The highest BCUT2D eigenvalue weighted by Gasteiger charge is 2.29. The molecule has 1 heterocycles. The molecule has 1 aromatic carbocycles. The zero-order valence-corrected chi connectivity index (χ0v) is 9.16. The van der Waals surface area contributed by atoms with Gasteiger partial charge < -0.3 is 9.47 Å². The van der Waals surface area contributed by atoms with Gasteiger partial charge in [-0.15, -0.1) is 0 Å². The Hall–Kier alpha value is -1.51. The lowest BCUT2D eigenvalue weighted by Gasteiger charge is -2.17. The quantitative estimate of drug-likeness (QED) is 0.662. The first-order valence-corrected chi connectivity index (χ1v) is 4.93. The molecular formula is C12H14O3. The van der Waals surface area contributed by atoms with Gasteiger partial charge in [-0.05, 0) is 12.1 Å². The van der Waals surface area contributed by atoms with E-state index >= 15 is 0 Å². The number of ether oxygens (including phenoxy) is 2. The van der Waals surface area contributed by atoms with Crippen LogP contribution in [0.1, 0.15) is 31.1 Å². The highest BCUT2D eigenvalue weighted by Crippen LogP contribution is 2.38. The lowest BCUT2D eigenvalue weighted by molar-refractivity contribution is 0.0853. The van der Waals surface area contributed by atoms with E-state index in [9.17, 15) is 4.79 Å². The van der Waals surface area contributed by atoms with Crippen molar-refractivity contribution in [3.8, 4) is 11.5 Å². The molecule has 1 aliphatic rings. The van der Waals surface area contributed by atoms with E-state index in [4.69, 9.17) is 9.47 Å². The Balaban J connectivity index is 2.46. The molecule has 0 saturated heterocycles. The summed E-state index contributed by atoms with van der Waals surface area (Å²) in [7, 11) is 0. The van der Waals surface area contributed by atoms with Crippen LogP contribution in [0.2, 0.25) is 0 Å². The minimum Gasteiger partial charge on any atom is -0.454 e. The molecule has 15 heavy (non-hydrogen) atoms. The van der Waals surface area contributed by atoms with Crippen LogP contribution >= 0.6 is 0 Å². The Morgan fingerprint density at radius 3 is 2.67 bits per heavy atom. The predicted octanol–water partition coefficient (Wildman–Crippen LogP) is 2.64. The number of fused-ring (bicyclic) bond motifs is 1. The van der Waals surface area contributed by atoms with Crippen molar-refractivity contribution in [2.75, 3.05) is 6.79 Å². The molecule has 1 aromatic rings. The van der Waals surface area contributed by atoms with Gasteiger partial charge in [-0.1, -0.05) is 26.8 Å². The average Bonchev–Trinajstić information content (AvgIpc) is 2.62. The maximum absolute atomic E-state index is 12.1. The van der Waals surface area contributed by atoms with Gasteiger partial charge in [-0.25, -0.2) is 0 Å². The number of carbonyl (C=O) groups is 1. The minimum atomic E-state index is -0.402. The molecular weight excluding hydrogens is 192 g/mol. The summed E-state index contributed by atoms with van der Waals surface area (Å²) in [6.45, 7) is 5.88. The Kier molecular flexibility index (Phi) is 2.18. The number of ketones is 1. The SMILES string of the molecule is CC(C)(C)C(=O)c1cccc2c1OCO2. The number of benzene rings is 1. The van der Waals surface area contributed by atoms with Gasteiger partial charge >= 0.3 is 0 Å². The van der Waals surface area contributed by atoms with Gasteiger partial charge in [0.05, 0.1) is 5.56 Å². The first-order chi connectivity index (χ1) is 7.00. The molecule has 0 spiro atoms. The first kappa shape index (κ1) is 10.0. The zero-order valence-electron chi connectivity index (χ0n) is 9.16. The molecule has 2 rings (SSSR count). The second kappa shape index (κ2) is 3.26. The fourth-order valence-corrected chi connectivity index (χ4v) is 1.51. The summed E-state index contributed by atoms with van der Waals surface area (Å²) in [5, 5.41) is 0. The van der Waals surface area contributed by atoms with E-state index in [1.165, 1.54) is 0 Å². The summed E-state index contributed by atoms with van der Waals surface area (Å²) < 4.78 is 10.5. The third-order valence-electron chi connectivity index (χ3n) is 2.32. The van der Waals surface area contributed by atoms with Gasteiger partial charge in [0.15, 0.2) is 17.3 Å². The molecule has 0 bridgehead atoms. The largest absolute Gasteiger partial charge is 0.454 e. The third-order valence-corrected chi connectivity index (χ3v) is 2.32. The van der Waals surface area contributed by atoms with Crippen LogP contribution < -0.4 is 9.47 Å². The summed E-state index contributed by atoms with van der Waals surface area (Å²) in [6.07, 6.45) is 0. The molecule has 0 aromatic heterocycles. The molecule has 0 atom stereocenters. The Morgan fingerprint density at radius 2 is 2.00 bits per heavy atom. The van der Waals surface area contributed by atoms with Crippen LogP contribution in [0, 0.1) is 5.41 Å². The molecule has 1 aliphatic heterocycles. The van der Waals surface area contributed by atoms with E-state index in [0.29, 0.717) is 17.1 Å². The molecule has 0 fully saturated rings. The van der Waals surface area contributed by atoms with Crippen LogP contribution in [0.15, 0.2) is 18.2 Å². The maximum atomic E-state index is 12.1. The van der Waals surface area contributed by atoms with Crippen LogP contribution in [0.4, 0.5) is 0 Å². The van der Waals surface area contributed by atoms with E-state index in [1.807, 2.05) is 32.9 Å². The van der Waals surface area contributed by atoms with Crippen molar-refractivity contribution in [3.05, 3.63) is 23.8 Å². The van der Waals surface area contributed by atoms with Crippen LogP contribution in [-0.2, 0) is 0 Å². The van der Waals surface area contributed by atoms with Gasteiger partial charge in [0, 0.05) is 5.41 Å². The van der Waals surface area contributed by atoms with Crippen LogP contribution in [0.5, 0.6) is 11.5 Å². The fourth-order valence-electron chi connectivity index (χ4n) is 1.51. The summed E-state index contributed by atoms with van der Waals surface area (Å²) in [5.74, 6) is 1.31. The highest BCUT2D eigenvalue weighted by atomic mass is 16.7. The molecule has 80 valence electrons. The number of carbonyl (C=O) groups excluding carboxylic acids is 1. The summed E-state index contributed by atoms with van der Waals surface area (Å²) in [5.41, 5.74) is 0.207. The van der Waals surface area contributed by atoms with E-state index in [0.717, 1.165) is 0 Å². The van der Waals surface area contributed by atoms with Crippen molar-refractivity contribution in [1.29, 1.82) is 0 Å². The van der Waals surface area contributed by atoms with E-state index < -0.39 is 5.41 Å². The molecule has 0 aliphatic carbocycles. The number of rotatable bonds is 1. The summed E-state index contributed by atoms with van der Waals surface area (Å²) >= 11 is 0. The fraction of sp³-hybridized carbons (Fsp3) is 0.417. The number of Topliss-reactive ketones (excluding diaryl/α,β-unsaturated/α-hetero) is 1. The Labute approximate surface area is 89.0 Å². The number of para-hydroxylation sites is 1. The third kappa shape index (κ3) is 1.69. The van der Waals surface area contributed by atoms with Gasteiger partial charge in [0.2, 0.25) is 6.79 Å². The second-order valence-corrected chi connectivity index (χ2v) is 4.62. The first-order valence-electron chi connectivity index (χ1n) is 4.93. The number of hydrogen-bond acceptors (Lipinski definition) is 3. The summed E-state index contributed by atoms with van der Waals surface area (Å²) in [4.78, 5) is 12.1. The predicted molar refractivity (Wildman–Crippen MR) is 56.4 cm³/mol. The van der Waals surface area contributed by atoms with Crippen molar-refractivity contribution in [2.24, 2.45) is 5.41 Å². The molecule has 0 amide bonds. The van der Waals surface area contributed by atoms with Crippen LogP contribution in [0.3, 0.4) is 0 Å². The average molecular weight is 206 g/mol. The molecule has 0 radical (unpaired) electrons. The molecule has 3 heteroatoms. The van der Waals surface area contributed by atoms with E-state index in [-0.39, 0.29) is 12.6 Å². The number of hydrogen-bond donors (Lipinski definition) is 0. The molecule has 0 N–H and O–H groups in total. The Morgan fingerprint density at radius 1 is 1.27 bits per heavy atom. The van der Waals surface area contributed by atoms with Gasteiger partial charge in [0.25, 0.3) is 0 Å². The smallest absolute Gasteiger partial charge is 0.231 e. The maximum Gasteiger partial charge on any atom is 0.231 e. The van der Waals surface area contributed by atoms with Crippen LogP contribution in [0.25, 0.3) is 0 Å². The van der Waals surface area contributed by atoms with Crippen molar-refractivity contribution >= 4 is 5.78 Å². The van der Waals surface area contributed by atoms with Crippen molar-refractivity contribution in [1.82, 2.24) is 0 Å². The van der Waals surface area contributed by atoms with Crippen molar-refractivity contribution in [3.63, 3.8) is 0 Å². The van der Waals surface area contributed by atoms with Gasteiger partial charge in [-0.2, -0.15) is 0 Å². The van der Waals surface area contributed by atoms with Gasteiger partial charge in [0.1, 0.15) is 0 Å². The van der Waals surface area contributed by atoms with Crippen molar-refractivity contribution in [2.45, 2.75) is 20.8 Å². The Bertz CT molecular complexity index is 402. The van der Waals surface area contributed by atoms with E-state index in [2.05, 4.69) is 0 Å². The monoisotopic (exact) mass is 206 g/mol. The van der Waals surface area contributed by atoms with Crippen LogP contribution in [-0.4, -0.2) is 12.6 Å². The lowest BCUT2D eigenvalue weighted by atomic mass is 9.86. The molecule has 0 unspecified atom stereocenters. The summed E-state index contributed by atoms with van der Waals surface area (Å²) in [6, 6.07) is 5.40. The van der Waals surface area contributed by atoms with E-state index in [1.54, 1.807) is 6.07 Å². The standard InChI is InChI=1S/C12H14O3/c1-12(2,3)11(13)8-5-4-6-9-10(8)15-7-14-9/h4-6H,7H2,1-3H3. The highest BCUT2D eigenvalue weighted by molar-refractivity contribution is 6.02. The van der Waals surface area contributed by atoms with Gasteiger partial charge in [-0.3, -0.25) is 4.79 Å². The molecule has 0 saturated carbocycles. The lowest BCUT2D eigenvalue weighted by Crippen LogP contribution is -2.20. The second-order valence-electron chi connectivity index (χ2n) is 4.62. The minimum absolute atomic E-state index is 0.0739.